The quantitative estimate of drug-likeness (QED) is 0.236. The summed E-state index contributed by atoms with van der Waals surface area (Å²) in [4.78, 5) is 11.1. The molecule has 9 heteroatoms. The molecule has 1 aromatic heterocycles. The number of rotatable bonds is 7. The number of aromatic nitrogens is 1. The van der Waals surface area contributed by atoms with Gasteiger partial charge in [0.1, 0.15) is 23.9 Å². The highest BCUT2D eigenvalue weighted by Gasteiger charge is 2.17. The summed E-state index contributed by atoms with van der Waals surface area (Å²) in [6.07, 6.45) is 0.266. The first-order valence-corrected chi connectivity index (χ1v) is 10.6. The molecule has 33 heavy (non-hydrogen) atoms. The van der Waals surface area contributed by atoms with E-state index in [1.165, 1.54) is 12.1 Å². The highest BCUT2D eigenvalue weighted by atomic mass is 35.5. The van der Waals surface area contributed by atoms with Crippen LogP contribution in [0.4, 0.5) is 9.18 Å². The van der Waals surface area contributed by atoms with E-state index in [9.17, 15) is 14.3 Å². The lowest BCUT2D eigenvalue weighted by Crippen LogP contribution is -2.05. The molecule has 4 rings (SSSR count). The van der Waals surface area contributed by atoms with Crippen molar-refractivity contribution in [1.82, 2.24) is 4.57 Å². The Hall–Kier alpha value is -3.26. The summed E-state index contributed by atoms with van der Waals surface area (Å²) in [5.74, 6) is 0.163. The molecule has 4 aromatic rings. The topological polar surface area (TPSA) is 80.9 Å². The third-order valence-corrected chi connectivity index (χ3v) is 5.55. The Morgan fingerprint density at radius 3 is 2.45 bits per heavy atom. The minimum absolute atomic E-state index is 0.0114. The van der Waals surface area contributed by atoms with Crippen LogP contribution >= 0.6 is 23.2 Å². The Labute approximate surface area is 198 Å². The lowest BCUT2D eigenvalue weighted by molar-refractivity contribution is 0.145. The summed E-state index contributed by atoms with van der Waals surface area (Å²) in [6.45, 7) is -0.0210. The van der Waals surface area contributed by atoms with Crippen molar-refractivity contribution in [3.05, 3.63) is 93.3 Å². The third-order valence-electron chi connectivity index (χ3n) is 5.08. The largest absolute Gasteiger partial charge is 0.511 e. The molecule has 0 spiro atoms. The average Bonchev–Trinajstić information content (AvgIpc) is 3.12. The Kier molecular flexibility index (Phi) is 6.74. The summed E-state index contributed by atoms with van der Waals surface area (Å²) in [5, 5.41) is 20.1. The fraction of sp³-hybridized carbons (Fsp3) is 0.125. The second kappa shape index (κ2) is 9.70. The third kappa shape index (κ3) is 5.06. The summed E-state index contributed by atoms with van der Waals surface area (Å²) < 4.78 is 26.7. The monoisotopic (exact) mass is 489 g/mol. The van der Waals surface area contributed by atoms with E-state index in [0.29, 0.717) is 49.9 Å². The SMILES string of the molecule is O=C(O)Oc1cccc2c1c(CO)cn2Cc1cc(Cl)ccc1OCc1ccc(Cl)cc1F. The van der Waals surface area contributed by atoms with Crippen molar-refractivity contribution >= 4 is 40.3 Å². The van der Waals surface area contributed by atoms with Crippen LogP contribution in [0.25, 0.3) is 10.9 Å². The molecule has 0 atom stereocenters. The number of aliphatic hydroxyl groups is 1. The molecular formula is C24H18Cl2FNO5. The van der Waals surface area contributed by atoms with Crippen molar-refractivity contribution in [2.24, 2.45) is 0 Å². The van der Waals surface area contributed by atoms with Gasteiger partial charge >= 0.3 is 6.16 Å². The number of carboxylic acid groups (broad SMARTS) is 1. The minimum atomic E-state index is -1.45. The molecular weight excluding hydrogens is 472 g/mol. The van der Waals surface area contributed by atoms with Gasteiger partial charge in [-0.3, -0.25) is 0 Å². The van der Waals surface area contributed by atoms with Crippen molar-refractivity contribution in [1.29, 1.82) is 0 Å². The molecule has 3 aromatic carbocycles. The van der Waals surface area contributed by atoms with E-state index in [1.54, 1.807) is 48.7 Å². The van der Waals surface area contributed by atoms with Crippen LogP contribution in [0.3, 0.4) is 0 Å². The van der Waals surface area contributed by atoms with Gasteiger partial charge in [0, 0.05) is 38.3 Å². The van der Waals surface area contributed by atoms with E-state index < -0.39 is 12.0 Å². The van der Waals surface area contributed by atoms with Crippen LogP contribution in [0.5, 0.6) is 11.5 Å². The maximum absolute atomic E-state index is 14.1. The van der Waals surface area contributed by atoms with Gasteiger partial charge < -0.3 is 24.3 Å². The standard InChI is InChI=1S/C24H18Cl2FNO5/c25-17-6-7-21(32-13-14-4-5-18(26)9-19(14)27)15(8-17)10-28-11-16(12-29)23-20(28)2-1-3-22(23)33-24(30)31/h1-9,11,29H,10,12-13H2,(H,30,31). The molecule has 0 unspecified atom stereocenters. The van der Waals surface area contributed by atoms with E-state index in [2.05, 4.69) is 0 Å². The van der Waals surface area contributed by atoms with Crippen LogP contribution in [0, 0.1) is 5.82 Å². The number of carbonyl (C=O) groups is 1. The molecule has 0 saturated heterocycles. The van der Waals surface area contributed by atoms with Crippen LogP contribution < -0.4 is 9.47 Å². The van der Waals surface area contributed by atoms with E-state index in [0.717, 1.165) is 0 Å². The first-order chi connectivity index (χ1) is 15.9. The van der Waals surface area contributed by atoms with Crippen molar-refractivity contribution in [2.45, 2.75) is 19.8 Å². The smallest absolute Gasteiger partial charge is 0.488 e. The van der Waals surface area contributed by atoms with Crippen molar-refractivity contribution in [3.63, 3.8) is 0 Å². The predicted molar refractivity (Wildman–Crippen MR) is 123 cm³/mol. The van der Waals surface area contributed by atoms with Crippen LogP contribution in [0.1, 0.15) is 16.7 Å². The maximum atomic E-state index is 14.1. The molecule has 0 amide bonds. The summed E-state index contributed by atoms with van der Waals surface area (Å²) in [7, 11) is 0. The number of aliphatic hydroxyl groups excluding tert-OH is 1. The molecule has 2 N–H and O–H groups in total. The van der Waals surface area contributed by atoms with Crippen LogP contribution in [-0.2, 0) is 19.8 Å². The van der Waals surface area contributed by atoms with Crippen molar-refractivity contribution in [2.75, 3.05) is 0 Å². The van der Waals surface area contributed by atoms with E-state index in [1.807, 2.05) is 4.57 Å². The second-order valence-corrected chi connectivity index (χ2v) is 8.11. The Bertz CT molecular complexity index is 1340. The van der Waals surface area contributed by atoms with Gasteiger partial charge in [0.15, 0.2) is 0 Å². The number of hydrogen-bond donors (Lipinski definition) is 2. The van der Waals surface area contributed by atoms with Crippen LogP contribution in [-0.4, -0.2) is 20.9 Å². The first kappa shape index (κ1) is 22.9. The van der Waals surface area contributed by atoms with Crippen LogP contribution in [0.15, 0.2) is 60.8 Å². The molecule has 0 aliphatic carbocycles. The fourth-order valence-corrected chi connectivity index (χ4v) is 3.98. The Morgan fingerprint density at radius 1 is 0.970 bits per heavy atom. The first-order valence-electron chi connectivity index (χ1n) is 9.83. The molecule has 0 saturated carbocycles. The Morgan fingerprint density at radius 2 is 1.73 bits per heavy atom. The van der Waals surface area contributed by atoms with Gasteiger partial charge in [-0.05, 0) is 42.5 Å². The summed E-state index contributed by atoms with van der Waals surface area (Å²) in [5.41, 5.74) is 2.23. The van der Waals surface area contributed by atoms with Crippen LogP contribution in [0.2, 0.25) is 10.0 Å². The molecule has 0 radical (unpaired) electrons. The van der Waals surface area contributed by atoms with Gasteiger partial charge in [-0.25, -0.2) is 9.18 Å². The van der Waals surface area contributed by atoms with Gasteiger partial charge in [-0.1, -0.05) is 35.3 Å². The van der Waals surface area contributed by atoms with Crippen molar-refractivity contribution in [3.8, 4) is 11.5 Å². The van der Waals surface area contributed by atoms with E-state index in [4.69, 9.17) is 37.8 Å². The van der Waals surface area contributed by atoms with E-state index >= 15 is 0 Å². The average molecular weight is 490 g/mol. The molecule has 0 bridgehead atoms. The fourth-order valence-electron chi connectivity index (χ4n) is 3.62. The van der Waals surface area contributed by atoms with Gasteiger partial charge in [0.2, 0.25) is 0 Å². The summed E-state index contributed by atoms with van der Waals surface area (Å²) in [6, 6.07) is 14.4. The number of ether oxygens (including phenoxy) is 2. The lowest BCUT2D eigenvalue weighted by Gasteiger charge is -2.14. The number of nitrogens with zero attached hydrogens (tertiary/aromatic N) is 1. The highest BCUT2D eigenvalue weighted by molar-refractivity contribution is 6.30. The number of halogens is 3. The minimum Gasteiger partial charge on any atom is -0.488 e. The lowest BCUT2D eigenvalue weighted by atomic mass is 10.1. The van der Waals surface area contributed by atoms with E-state index in [-0.39, 0.29) is 19.0 Å². The molecule has 0 aliphatic heterocycles. The number of benzene rings is 3. The number of hydrogen-bond acceptors (Lipinski definition) is 4. The number of fused-ring (bicyclic) bond motifs is 1. The predicted octanol–water partition coefficient (Wildman–Crippen LogP) is 6.26. The van der Waals surface area contributed by atoms with Gasteiger partial charge in [-0.15, -0.1) is 0 Å². The highest BCUT2D eigenvalue weighted by Crippen LogP contribution is 2.33. The molecule has 0 fully saturated rings. The zero-order chi connectivity index (χ0) is 23.5. The van der Waals surface area contributed by atoms with Gasteiger partial charge in [-0.2, -0.15) is 0 Å². The van der Waals surface area contributed by atoms with Crippen molar-refractivity contribution < 1.29 is 28.9 Å². The maximum Gasteiger partial charge on any atom is 0.511 e. The Balaban J connectivity index is 1.68. The zero-order valence-electron chi connectivity index (χ0n) is 17.1. The van der Waals surface area contributed by atoms with Gasteiger partial charge in [0.25, 0.3) is 0 Å². The molecule has 0 aliphatic rings. The molecule has 6 nitrogen and oxygen atoms in total. The molecule has 1 heterocycles. The normalized spacial score (nSPS) is 11.0. The van der Waals surface area contributed by atoms with Gasteiger partial charge in [0.05, 0.1) is 18.7 Å². The summed E-state index contributed by atoms with van der Waals surface area (Å²) >= 11 is 12.0. The molecule has 170 valence electrons. The zero-order valence-corrected chi connectivity index (χ0v) is 18.6. The second-order valence-electron chi connectivity index (χ2n) is 7.24.